The molecule has 11 heteroatoms. The number of allylic oxidation sites excluding steroid dienone is 1. The van der Waals surface area contributed by atoms with E-state index in [1.165, 1.54) is 12.0 Å². The number of esters is 2. The normalized spacial score (nSPS) is 16.7. The van der Waals surface area contributed by atoms with Gasteiger partial charge in [0.25, 0.3) is 5.91 Å². The molecule has 0 aromatic heterocycles. The van der Waals surface area contributed by atoms with E-state index < -0.39 is 17.9 Å². The van der Waals surface area contributed by atoms with E-state index >= 15 is 0 Å². The maximum absolute atomic E-state index is 13.4. The number of likely N-dealkylation sites (tertiary alicyclic amines) is 1. The van der Waals surface area contributed by atoms with Gasteiger partial charge in [0.15, 0.2) is 0 Å². The summed E-state index contributed by atoms with van der Waals surface area (Å²) in [5, 5.41) is 2.70. The smallest absolute Gasteiger partial charge is 0.329 e. The lowest BCUT2D eigenvalue weighted by Gasteiger charge is -2.23. The number of fused-ring (bicyclic) bond motifs is 2. The molecule has 46 heavy (non-hydrogen) atoms. The summed E-state index contributed by atoms with van der Waals surface area (Å²) in [6.07, 6.45) is 4.89. The molecule has 0 saturated carbocycles. The number of carbonyl (C=O) groups is 4. The van der Waals surface area contributed by atoms with Gasteiger partial charge in [-0.1, -0.05) is 66.4 Å². The zero-order valence-corrected chi connectivity index (χ0v) is 26.3. The van der Waals surface area contributed by atoms with Crippen LogP contribution in [0.25, 0.3) is 0 Å². The van der Waals surface area contributed by atoms with Gasteiger partial charge in [-0.25, -0.2) is 4.79 Å². The second-order valence-corrected chi connectivity index (χ2v) is 12.0. The minimum absolute atomic E-state index is 0.0929. The molecule has 1 fully saturated rings. The highest BCUT2D eigenvalue weighted by Crippen LogP contribution is 2.46. The van der Waals surface area contributed by atoms with Crippen molar-refractivity contribution in [2.45, 2.75) is 41.7 Å². The number of nitrogens with one attached hydrogen (secondary N) is 1. The predicted octanol–water partition coefficient (Wildman–Crippen LogP) is 5.16. The van der Waals surface area contributed by atoms with Crippen molar-refractivity contribution in [1.29, 1.82) is 0 Å². The Balaban J connectivity index is 1.16. The quantitative estimate of drug-likeness (QED) is 0.120. The van der Waals surface area contributed by atoms with Crippen LogP contribution < -0.4 is 10.1 Å². The van der Waals surface area contributed by atoms with Crippen LogP contribution in [0.3, 0.4) is 0 Å². The van der Waals surface area contributed by atoms with Crippen molar-refractivity contribution in [3.63, 3.8) is 0 Å². The van der Waals surface area contributed by atoms with Crippen LogP contribution in [-0.2, 0) is 35.2 Å². The second-order valence-electron chi connectivity index (χ2n) is 10.9. The summed E-state index contributed by atoms with van der Waals surface area (Å²) < 4.78 is 22.0. The van der Waals surface area contributed by atoms with Crippen LogP contribution in [-0.4, -0.2) is 68.1 Å². The monoisotopic (exact) mass is 644 g/mol. The Morgan fingerprint density at radius 1 is 0.978 bits per heavy atom. The maximum Gasteiger partial charge on any atom is 0.329 e. The van der Waals surface area contributed by atoms with Crippen molar-refractivity contribution in [2.24, 2.45) is 5.92 Å². The molecule has 10 nitrogen and oxygen atoms in total. The summed E-state index contributed by atoms with van der Waals surface area (Å²) in [7, 11) is 1.35. The van der Waals surface area contributed by atoms with Crippen LogP contribution in [0.5, 0.6) is 11.5 Å². The van der Waals surface area contributed by atoms with Crippen molar-refractivity contribution < 1.29 is 38.1 Å². The van der Waals surface area contributed by atoms with Gasteiger partial charge >= 0.3 is 11.9 Å². The standard InChI is InChI=1S/C35H36N2O8S/c1-42-33(39)14-6-3-9-17-43-22-25-18-27(35(41)44-23-24-10-4-2-5-11-24)37(21-25)32(38)20-36-34(40)26-15-16-31-29(19-26)45-28-12-7-8-13-30(28)46-31/h2-5,7-13,15-16,19,25,27H,6,14,17-18,20-23H2,1H3,(H,36,40)/b9-3+/t25?,27-/m0/s1. The number of hydrogen-bond acceptors (Lipinski definition) is 9. The first kappa shape index (κ1) is 32.8. The fourth-order valence-corrected chi connectivity index (χ4v) is 6.12. The third-order valence-corrected chi connectivity index (χ3v) is 8.69. The molecule has 2 aliphatic rings. The molecule has 3 aromatic rings. The first-order valence-electron chi connectivity index (χ1n) is 15.1. The highest BCUT2D eigenvalue weighted by Gasteiger charge is 2.40. The molecule has 2 aliphatic heterocycles. The van der Waals surface area contributed by atoms with Gasteiger partial charge in [0.1, 0.15) is 24.1 Å². The van der Waals surface area contributed by atoms with Gasteiger partial charge in [0, 0.05) is 24.4 Å². The number of amides is 2. The van der Waals surface area contributed by atoms with Crippen molar-refractivity contribution in [2.75, 3.05) is 33.4 Å². The Bertz CT molecular complexity index is 1580. The van der Waals surface area contributed by atoms with Crippen molar-refractivity contribution in [1.82, 2.24) is 10.2 Å². The molecule has 3 aromatic carbocycles. The fraction of sp³-hybridized carbons (Fsp3) is 0.314. The van der Waals surface area contributed by atoms with E-state index in [2.05, 4.69) is 10.1 Å². The zero-order chi connectivity index (χ0) is 32.3. The number of hydrogen-bond donors (Lipinski definition) is 1. The van der Waals surface area contributed by atoms with Crippen molar-refractivity contribution >= 4 is 35.5 Å². The van der Waals surface area contributed by atoms with Gasteiger partial charge < -0.3 is 29.2 Å². The summed E-state index contributed by atoms with van der Waals surface area (Å²) in [5.41, 5.74) is 1.20. The predicted molar refractivity (Wildman–Crippen MR) is 170 cm³/mol. The first-order chi connectivity index (χ1) is 22.4. The summed E-state index contributed by atoms with van der Waals surface area (Å²) in [6.45, 7) is 0.758. The summed E-state index contributed by atoms with van der Waals surface area (Å²) in [6, 6.07) is 21.4. The number of ether oxygens (including phenoxy) is 4. The molecule has 2 atom stereocenters. The summed E-state index contributed by atoms with van der Waals surface area (Å²) in [4.78, 5) is 54.2. The Kier molecular flexibility index (Phi) is 11.5. The molecule has 240 valence electrons. The maximum atomic E-state index is 13.4. The lowest BCUT2D eigenvalue weighted by Crippen LogP contribution is -2.46. The van der Waals surface area contributed by atoms with Crippen LogP contribution in [0.2, 0.25) is 0 Å². The van der Waals surface area contributed by atoms with Gasteiger partial charge in [0.05, 0.1) is 36.7 Å². The van der Waals surface area contributed by atoms with Gasteiger partial charge in [-0.05, 0) is 48.7 Å². The summed E-state index contributed by atoms with van der Waals surface area (Å²) in [5.74, 6) is -0.396. The fourth-order valence-electron chi connectivity index (χ4n) is 5.19. The zero-order valence-electron chi connectivity index (χ0n) is 25.5. The largest absolute Gasteiger partial charge is 0.469 e. The number of methoxy groups -OCH3 is 1. The molecule has 0 aliphatic carbocycles. The van der Waals surface area contributed by atoms with E-state index in [0.717, 1.165) is 21.1 Å². The van der Waals surface area contributed by atoms with E-state index in [9.17, 15) is 19.2 Å². The molecule has 0 radical (unpaired) electrons. The molecule has 1 saturated heterocycles. The molecular weight excluding hydrogens is 608 g/mol. The number of rotatable bonds is 13. The average molecular weight is 645 g/mol. The van der Waals surface area contributed by atoms with E-state index in [1.807, 2.05) is 72.8 Å². The van der Waals surface area contributed by atoms with Crippen LogP contribution in [0.1, 0.15) is 35.2 Å². The van der Waals surface area contributed by atoms with Crippen LogP contribution in [0.15, 0.2) is 94.7 Å². The van der Waals surface area contributed by atoms with Gasteiger partial charge in [-0.2, -0.15) is 0 Å². The van der Waals surface area contributed by atoms with Crippen molar-refractivity contribution in [3.8, 4) is 11.5 Å². The summed E-state index contributed by atoms with van der Waals surface area (Å²) >= 11 is 1.56. The molecular formula is C35H36N2O8S. The lowest BCUT2D eigenvalue weighted by atomic mass is 10.1. The Hall–Kier alpha value is -4.61. The minimum atomic E-state index is -0.799. The molecule has 0 bridgehead atoms. The van der Waals surface area contributed by atoms with E-state index in [-0.39, 0.29) is 37.5 Å². The Morgan fingerprint density at radius 3 is 2.59 bits per heavy atom. The molecule has 0 spiro atoms. The first-order valence-corrected chi connectivity index (χ1v) is 15.9. The van der Waals surface area contributed by atoms with Crippen LogP contribution >= 0.6 is 11.8 Å². The molecule has 2 amide bonds. The average Bonchev–Trinajstić information content (AvgIpc) is 3.52. The van der Waals surface area contributed by atoms with Crippen molar-refractivity contribution in [3.05, 3.63) is 96.1 Å². The minimum Gasteiger partial charge on any atom is -0.469 e. The molecule has 1 N–H and O–H groups in total. The van der Waals surface area contributed by atoms with E-state index in [4.69, 9.17) is 14.2 Å². The SMILES string of the molecule is COC(=O)CC/C=C/COCC1C[C@@H](C(=O)OCc2ccccc2)N(C(=O)CNC(=O)c2ccc3c(c2)Oc2ccccc2S3)C1. The molecule has 5 rings (SSSR count). The third-order valence-electron chi connectivity index (χ3n) is 7.58. The van der Waals surface area contributed by atoms with E-state index in [1.54, 1.807) is 23.9 Å². The highest BCUT2D eigenvalue weighted by atomic mass is 32.2. The Morgan fingerprint density at radius 2 is 1.76 bits per heavy atom. The van der Waals surface area contributed by atoms with Crippen LogP contribution in [0.4, 0.5) is 0 Å². The Labute approximate surface area is 272 Å². The highest BCUT2D eigenvalue weighted by molar-refractivity contribution is 7.99. The topological polar surface area (TPSA) is 120 Å². The second kappa shape index (κ2) is 16.1. The number of para-hydroxylation sites is 1. The number of carbonyl (C=O) groups excluding carboxylic acids is 4. The van der Waals surface area contributed by atoms with Gasteiger partial charge in [-0.15, -0.1) is 0 Å². The van der Waals surface area contributed by atoms with Gasteiger partial charge in [-0.3, -0.25) is 14.4 Å². The third kappa shape index (κ3) is 8.76. The van der Waals surface area contributed by atoms with Crippen LogP contribution in [0, 0.1) is 5.92 Å². The molecule has 2 heterocycles. The number of nitrogens with zero attached hydrogens (tertiary/aromatic N) is 1. The van der Waals surface area contributed by atoms with Gasteiger partial charge in [0.2, 0.25) is 5.91 Å². The van der Waals surface area contributed by atoms with E-state index in [0.29, 0.717) is 43.8 Å². The lowest BCUT2D eigenvalue weighted by molar-refractivity contribution is -0.154. The number of benzene rings is 3. The molecule has 1 unspecified atom stereocenters.